The molecule has 2 aromatic rings. The molecule has 1 heterocycles. The monoisotopic (exact) mass is 342 g/mol. The third kappa shape index (κ3) is 3.48. The standard InChI is InChI=1S/C13H12BrClN2S/c1-8(16)11-6-9(14)2-4-12(11)18-13-5-3-10(15)7-17-13/h2-8H,16H2,1H3. The van der Waals surface area contributed by atoms with Crippen LogP contribution in [0.15, 0.2) is 50.9 Å². The summed E-state index contributed by atoms with van der Waals surface area (Å²) >= 11 is 10.9. The smallest absolute Gasteiger partial charge is 0.101 e. The third-order valence-electron chi connectivity index (χ3n) is 2.38. The summed E-state index contributed by atoms with van der Waals surface area (Å²) in [5, 5.41) is 1.55. The van der Waals surface area contributed by atoms with Crippen LogP contribution in [0.4, 0.5) is 0 Å². The lowest BCUT2D eigenvalue weighted by molar-refractivity contribution is 0.796. The maximum atomic E-state index is 5.99. The second kappa shape index (κ2) is 6.06. The fourth-order valence-electron chi connectivity index (χ4n) is 1.50. The molecule has 2 rings (SSSR count). The Morgan fingerprint density at radius 2 is 2.11 bits per heavy atom. The first-order chi connectivity index (χ1) is 8.56. The Bertz CT molecular complexity index is 543. The lowest BCUT2D eigenvalue weighted by atomic mass is 10.1. The lowest BCUT2D eigenvalue weighted by Crippen LogP contribution is -2.06. The average Bonchev–Trinajstić information content (AvgIpc) is 2.34. The van der Waals surface area contributed by atoms with Crippen LogP contribution in [-0.2, 0) is 0 Å². The number of nitrogens with zero attached hydrogens (tertiary/aromatic N) is 1. The third-order valence-corrected chi connectivity index (χ3v) is 4.14. The predicted octanol–water partition coefficient (Wildman–Crippen LogP) is 4.67. The van der Waals surface area contributed by atoms with Gasteiger partial charge in [-0.15, -0.1) is 0 Å². The first-order valence-electron chi connectivity index (χ1n) is 5.40. The zero-order valence-electron chi connectivity index (χ0n) is 9.73. The largest absolute Gasteiger partial charge is 0.324 e. The highest BCUT2D eigenvalue weighted by Crippen LogP contribution is 2.33. The van der Waals surface area contributed by atoms with Gasteiger partial charge in [0.25, 0.3) is 0 Å². The Hall–Kier alpha value is -0.550. The molecule has 2 nitrogen and oxygen atoms in total. The summed E-state index contributed by atoms with van der Waals surface area (Å²) in [6.45, 7) is 1.97. The Morgan fingerprint density at radius 1 is 1.33 bits per heavy atom. The van der Waals surface area contributed by atoms with Crippen molar-refractivity contribution in [2.75, 3.05) is 0 Å². The van der Waals surface area contributed by atoms with Crippen LogP contribution in [0, 0.1) is 0 Å². The molecule has 0 radical (unpaired) electrons. The molecule has 0 amide bonds. The minimum absolute atomic E-state index is 0.0164. The van der Waals surface area contributed by atoms with Crippen molar-refractivity contribution in [2.24, 2.45) is 5.73 Å². The van der Waals surface area contributed by atoms with Gasteiger partial charge < -0.3 is 5.73 Å². The topological polar surface area (TPSA) is 38.9 Å². The molecule has 0 saturated carbocycles. The van der Waals surface area contributed by atoms with E-state index in [9.17, 15) is 0 Å². The first-order valence-corrected chi connectivity index (χ1v) is 7.39. The molecule has 2 N–H and O–H groups in total. The molecule has 0 aliphatic rings. The summed E-state index contributed by atoms with van der Waals surface area (Å²) < 4.78 is 1.03. The highest BCUT2D eigenvalue weighted by molar-refractivity contribution is 9.10. The van der Waals surface area contributed by atoms with E-state index in [1.807, 2.05) is 37.3 Å². The van der Waals surface area contributed by atoms with Gasteiger partial charge in [0.2, 0.25) is 0 Å². The van der Waals surface area contributed by atoms with Crippen molar-refractivity contribution >= 4 is 39.3 Å². The van der Waals surface area contributed by atoms with E-state index in [-0.39, 0.29) is 6.04 Å². The van der Waals surface area contributed by atoms with Gasteiger partial charge in [-0.2, -0.15) is 0 Å². The van der Waals surface area contributed by atoms with Crippen molar-refractivity contribution in [1.82, 2.24) is 4.98 Å². The Balaban J connectivity index is 2.31. The van der Waals surface area contributed by atoms with Crippen LogP contribution < -0.4 is 5.73 Å². The van der Waals surface area contributed by atoms with Gasteiger partial charge in [0.05, 0.1) is 5.02 Å². The minimum atomic E-state index is -0.0164. The van der Waals surface area contributed by atoms with Crippen molar-refractivity contribution in [3.8, 4) is 0 Å². The molecule has 5 heteroatoms. The summed E-state index contributed by atoms with van der Waals surface area (Å²) in [4.78, 5) is 5.39. The van der Waals surface area contributed by atoms with Crippen LogP contribution in [0.5, 0.6) is 0 Å². The van der Waals surface area contributed by atoms with Crippen LogP contribution in [0.3, 0.4) is 0 Å². The number of halogens is 2. The molecule has 18 heavy (non-hydrogen) atoms. The van der Waals surface area contributed by atoms with Gasteiger partial charge in [-0.05, 0) is 42.8 Å². The van der Waals surface area contributed by atoms with Crippen LogP contribution in [0.25, 0.3) is 0 Å². The second-order valence-electron chi connectivity index (χ2n) is 3.89. The molecule has 1 atom stereocenters. The minimum Gasteiger partial charge on any atom is -0.324 e. The van der Waals surface area contributed by atoms with Gasteiger partial charge >= 0.3 is 0 Å². The van der Waals surface area contributed by atoms with E-state index in [2.05, 4.69) is 20.9 Å². The number of rotatable bonds is 3. The second-order valence-corrected chi connectivity index (χ2v) is 6.30. The zero-order chi connectivity index (χ0) is 13.1. The van der Waals surface area contributed by atoms with Gasteiger partial charge in [-0.3, -0.25) is 0 Å². The Morgan fingerprint density at radius 3 is 2.72 bits per heavy atom. The number of hydrogen-bond acceptors (Lipinski definition) is 3. The molecule has 0 aliphatic heterocycles. The van der Waals surface area contributed by atoms with Crippen molar-refractivity contribution in [3.05, 3.63) is 51.6 Å². The maximum Gasteiger partial charge on any atom is 0.101 e. The van der Waals surface area contributed by atoms with E-state index < -0.39 is 0 Å². The molecule has 0 fully saturated rings. The maximum absolute atomic E-state index is 5.99. The van der Waals surface area contributed by atoms with Crippen molar-refractivity contribution < 1.29 is 0 Å². The predicted molar refractivity (Wildman–Crippen MR) is 80.1 cm³/mol. The average molecular weight is 344 g/mol. The molecule has 1 aromatic heterocycles. The van der Waals surface area contributed by atoms with Gasteiger partial charge in [0.1, 0.15) is 5.03 Å². The number of hydrogen-bond donors (Lipinski definition) is 1. The number of pyridine rings is 1. The quantitative estimate of drug-likeness (QED) is 0.880. The summed E-state index contributed by atoms with van der Waals surface area (Å²) in [6, 6.07) is 9.82. The van der Waals surface area contributed by atoms with E-state index in [0.29, 0.717) is 5.02 Å². The van der Waals surface area contributed by atoms with E-state index >= 15 is 0 Å². The number of nitrogens with two attached hydrogens (primary N) is 1. The number of benzene rings is 1. The van der Waals surface area contributed by atoms with Crippen LogP contribution in [-0.4, -0.2) is 4.98 Å². The summed E-state index contributed by atoms with van der Waals surface area (Å²) in [5.74, 6) is 0. The summed E-state index contributed by atoms with van der Waals surface area (Å²) in [7, 11) is 0. The van der Waals surface area contributed by atoms with Crippen molar-refractivity contribution in [1.29, 1.82) is 0 Å². The van der Waals surface area contributed by atoms with Crippen LogP contribution in [0.2, 0.25) is 5.02 Å². The van der Waals surface area contributed by atoms with E-state index in [1.165, 1.54) is 0 Å². The Labute approximate surface area is 124 Å². The SMILES string of the molecule is CC(N)c1cc(Br)ccc1Sc1ccc(Cl)cn1. The summed E-state index contributed by atoms with van der Waals surface area (Å²) in [6.07, 6.45) is 1.65. The van der Waals surface area contributed by atoms with E-state index in [4.69, 9.17) is 17.3 Å². The molecule has 1 unspecified atom stereocenters. The molecule has 0 bridgehead atoms. The number of aromatic nitrogens is 1. The van der Waals surface area contributed by atoms with Crippen molar-refractivity contribution in [3.63, 3.8) is 0 Å². The van der Waals surface area contributed by atoms with Gasteiger partial charge in [-0.1, -0.05) is 39.3 Å². The van der Waals surface area contributed by atoms with Gasteiger partial charge in [0, 0.05) is 21.6 Å². The molecular weight excluding hydrogens is 332 g/mol. The molecule has 0 aliphatic carbocycles. The normalized spacial score (nSPS) is 12.4. The fourth-order valence-corrected chi connectivity index (χ4v) is 2.96. The van der Waals surface area contributed by atoms with Crippen molar-refractivity contribution in [2.45, 2.75) is 22.9 Å². The van der Waals surface area contributed by atoms with Gasteiger partial charge in [-0.25, -0.2) is 4.98 Å². The van der Waals surface area contributed by atoms with Crippen LogP contribution >= 0.6 is 39.3 Å². The fraction of sp³-hybridized carbons (Fsp3) is 0.154. The van der Waals surface area contributed by atoms with E-state index in [1.54, 1.807) is 18.0 Å². The molecule has 0 saturated heterocycles. The summed E-state index contributed by atoms with van der Waals surface area (Å²) in [5.41, 5.74) is 7.09. The Kier molecular flexibility index (Phi) is 4.67. The zero-order valence-corrected chi connectivity index (χ0v) is 12.9. The molecule has 94 valence electrons. The highest BCUT2D eigenvalue weighted by atomic mass is 79.9. The highest BCUT2D eigenvalue weighted by Gasteiger charge is 2.09. The molecule has 1 aromatic carbocycles. The van der Waals surface area contributed by atoms with Gasteiger partial charge in [0.15, 0.2) is 0 Å². The van der Waals surface area contributed by atoms with Crippen LogP contribution in [0.1, 0.15) is 18.5 Å². The van der Waals surface area contributed by atoms with E-state index in [0.717, 1.165) is 20.0 Å². The first kappa shape index (κ1) is 13.9. The molecule has 0 spiro atoms. The molecular formula is C13H12BrClN2S. The lowest BCUT2D eigenvalue weighted by Gasteiger charge is -2.12.